The fourth-order valence-corrected chi connectivity index (χ4v) is 2.33. The second kappa shape index (κ2) is 11.1. The van der Waals surface area contributed by atoms with E-state index in [1.165, 1.54) is 25.1 Å². The van der Waals surface area contributed by atoms with Gasteiger partial charge in [0.2, 0.25) is 5.91 Å². The van der Waals surface area contributed by atoms with Crippen molar-refractivity contribution in [3.05, 3.63) is 53.6 Å². The molecule has 7 nitrogen and oxygen atoms in total. The van der Waals surface area contributed by atoms with E-state index in [9.17, 15) is 9.59 Å². The van der Waals surface area contributed by atoms with Crippen LogP contribution in [0.1, 0.15) is 41.5 Å². The number of amides is 1. The van der Waals surface area contributed by atoms with Gasteiger partial charge in [0.25, 0.3) is 0 Å². The summed E-state index contributed by atoms with van der Waals surface area (Å²) < 4.78 is 22.0. The Hall–Kier alpha value is -3.08. The summed E-state index contributed by atoms with van der Waals surface area (Å²) in [5.41, 5.74) is 5.87. The highest BCUT2D eigenvalue weighted by atomic mass is 16.5. The summed E-state index contributed by atoms with van der Waals surface area (Å²) in [4.78, 5) is 23.2. The topological polar surface area (TPSA) is 97.1 Å². The minimum Gasteiger partial charge on any atom is -0.483 e. The van der Waals surface area contributed by atoms with Gasteiger partial charge in [0, 0.05) is 5.56 Å². The fourth-order valence-electron chi connectivity index (χ4n) is 2.33. The molecule has 2 aromatic carbocycles. The lowest BCUT2D eigenvalue weighted by Crippen LogP contribution is -2.13. The Kier molecular flexibility index (Phi) is 8.46. The van der Waals surface area contributed by atoms with E-state index in [1.807, 2.05) is 13.8 Å². The molecule has 2 aromatic rings. The van der Waals surface area contributed by atoms with Crippen molar-refractivity contribution in [2.45, 2.75) is 26.9 Å². The molecule has 0 saturated heterocycles. The van der Waals surface area contributed by atoms with Crippen LogP contribution in [-0.2, 0) is 9.47 Å². The van der Waals surface area contributed by atoms with E-state index in [2.05, 4.69) is 12.1 Å². The molecule has 0 fully saturated rings. The standard InChI is InChI=1S/C22H25NO6/c1-15(2)27-12-10-26-11-13-28-18-5-7-19(8-6-18)29-21-14-17(22(23)25)4-9-20(21)16(3)24/h4-5,7,9,14-15H,10-13H2,1-3H3,(H2,23,25). The molecular weight excluding hydrogens is 374 g/mol. The van der Waals surface area contributed by atoms with Gasteiger partial charge in [0.15, 0.2) is 17.3 Å². The van der Waals surface area contributed by atoms with Gasteiger partial charge >= 0.3 is 0 Å². The smallest absolute Gasteiger partial charge is 0.248 e. The molecular formula is C22H25NO6. The van der Waals surface area contributed by atoms with Gasteiger partial charge in [-0.25, -0.2) is 0 Å². The van der Waals surface area contributed by atoms with E-state index < -0.39 is 5.91 Å². The maximum atomic E-state index is 11.8. The highest BCUT2D eigenvalue weighted by molar-refractivity contribution is 5.99. The zero-order valence-corrected chi connectivity index (χ0v) is 16.8. The molecule has 2 rings (SSSR count). The first-order chi connectivity index (χ1) is 13.9. The van der Waals surface area contributed by atoms with Crippen LogP contribution in [-0.4, -0.2) is 44.2 Å². The Morgan fingerprint density at radius 1 is 1.00 bits per heavy atom. The van der Waals surface area contributed by atoms with Crippen molar-refractivity contribution in [2.75, 3.05) is 26.4 Å². The normalized spacial score (nSPS) is 10.5. The average molecular weight is 399 g/mol. The molecule has 0 atom stereocenters. The van der Waals surface area contributed by atoms with Crippen LogP contribution in [0.25, 0.3) is 0 Å². The van der Waals surface area contributed by atoms with Gasteiger partial charge in [-0.15, -0.1) is 0 Å². The minimum atomic E-state index is -0.609. The summed E-state index contributed by atoms with van der Waals surface area (Å²) in [7, 11) is 0. The summed E-state index contributed by atoms with van der Waals surface area (Å²) in [6, 6.07) is 13.4. The highest BCUT2D eigenvalue weighted by Crippen LogP contribution is 2.27. The van der Waals surface area contributed by atoms with Crippen molar-refractivity contribution in [1.29, 1.82) is 0 Å². The number of ether oxygens (including phenoxy) is 4. The SMILES string of the molecule is CC(=O)c1ccc(C(N)=O)cc1Oc1c#cc(OCCOCCOC(C)C)cc1. The monoisotopic (exact) mass is 399 g/mol. The van der Waals surface area contributed by atoms with Crippen LogP contribution < -0.4 is 15.2 Å². The molecule has 0 aliphatic heterocycles. The van der Waals surface area contributed by atoms with Crippen molar-refractivity contribution < 1.29 is 28.5 Å². The molecule has 0 unspecified atom stereocenters. The van der Waals surface area contributed by atoms with E-state index in [-0.39, 0.29) is 23.2 Å². The molecule has 7 heteroatoms. The Morgan fingerprint density at radius 3 is 2.31 bits per heavy atom. The second-order valence-corrected chi connectivity index (χ2v) is 6.43. The third-order valence-electron chi connectivity index (χ3n) is 3.72. The number of hydrogen-bond acceptors (Lipinski definition) is 6. The number of rotatable bonds is 12. The molecule has 0 radical (unpaired) electrons. The number of nitrogens with two attached hydrogens (primary N) is 1. The van der Waals surface area contributed by atoms with Crippen LogP contribution in [0.5, 0.6) is 17.2 Å². The van der Waals surface area contributed by atoms with E-state index in [0.717, 1.165) is 0 Å². The average Bonchev–Trinajstić information content (AvgIpc) is 2.68. The Bertz CT molecular complexity index is 817. The zero-order chi connectivity index (χ0) is 21.2. The summed E-state index contributed by atoms with van der Waals surface area (Å²) in [5.74, 6) is 0.228. The number of Topliss-reactive ketones (excluding diaryl/α,β-unsaturated/α-hetero) is 1. The molecule has 0 spiro atoms. The summed E-state index contributed by atoms with van der Waals surface area (Å²) in [6.45, 7) is 7.19. The number of carbonyl (C=O) groups excluding carboxylic acids is 2. The first-order valence-corrected chi connectivity index (χ1v) is 9.25. The van der Waals surface area contributed by atoms with E-state index >= 15 is 0 Å². The molecule has 2 N–H and O–H groups in total. The van der Waals surface area contributed by atoms with Crippen molar-refractivity contribution in [2.24, 2.45) is 5.73 Å². The van der Waals surface area contributed by atoms with Gasteiger partial charge in [-0.2, -0.15) is 0 Å². The second-order valence-electron chi connectivity index (χ2n) is 6.43. The van der Waals surface area contributed by atoms with E-state index in [4.69, 9.17) is 24.7 Å². The highest BCUT2D eigenvalue weighted by Gasteiger charge is 2.13. The van der Waals surface area contributed by atoms with Crippen LogP contribution in [0, 0.1) is 12.1 Å². The maximum Gasteiger partial charge on any atom is 0.248 e. The fraction of sp³-hybridized carbons (Fsp3) is 0.364. The number of carbonyl (C=O) groups is 2. The first-order valence-electron chi connectivity index (χ1n) is 9.25. The minimum absolute atomic E-state index is 0.186. The lowest BCUT2D eigenvalue weighted by Gasteiger charge is -2.10. The molecule has 0 aromatic heterocycles. The van der Waals surface area contributed by atoms with E-state index in [0.29, 0.717) is 43.5 Å². The quantitative estimate of drug-likeness (QED) is 0.435. The molecule has 0 aliphatic carbocycles. The number of primary amides is 1. The van der Waals surface area contributed by atoms with Gasteiger partial charge in [-0.1, -0.05) is 0 Å². The molecule has 0 saturated carbocycles. The van der Waals surface area contributed by atoms with Gasteiger partial charge in [0.1, 0.15) is 12.4 Å². The van der Waals surface area contributed by atoms with Gasteiger partial charge in [-0.3, -0.25) is 9.59 Å². The zero-order valence-electron chi connectivity index (χ0n) is 16.8. The third-order valence-corrected chi connectivity index (χ3v) is 3.72. The van der Waals surface area contributed by atoms with Crippen molar-refractivity contribution in [3.63, 3.8) is 0 Å². The maximum absolute atomic E-state index is 11.8. The van der Waals surface area contributed by atoms with Crippen molar-refractivity contribution in [1.82, 2.24) is 0 Å². The summed E-state index contributed by atoms with van der Waals surface area (Å²) in [6.07, 6.45) is 0.186. The molecule has 0 bridgehead atoms. The molecule has 154 valence electrons. The van der Waals surface area contributed by atoms with Gasteiger partial charge in [-0.05, 0) is 63.2 Å². The Balaban J connectivity index is 1.88. The van der Waals surface area contributed by atoms with Gasteiger partial charge < -0.3 is 24.7 Å². The largest absolute Gasteiger partial charge is 0.483 e. The van der Waals surface area contributed by atoms with Crippen LogP contribution in [0.2, 0.25) is 0 Å². The van der Waals surface area contributed by atoms with Crippen LogP contribution in [0.15, 0.2) is 30.3 Å². The van der Waals surface area contributed by atoms with Crippen molar-refractivity contribution >= 4 is 11.7 Å². The van der Waals surface area contributed by atoms with E-state index in [1.54, 1.807) is 12.1 Å². The number of ketones is 1. The molecule has 0 aliphatic rings. The summed E-state index contributed by atoms with van der Waals surface area (Å²) >= 11 is 0. The van der Waals surface area contributed by atoms with Crippen molar-refractivity contribution in [3.8, 4) is 17.2 Å². The predicted octanol–water partition coefficient (Wildman–Crippen LogP) is 3.20. The predicted molar refractivity (Wildman–Crippen MR) is 107 cm³/mol. The lowest BCUT2D eigenvalue weighted by molar-refractivity contribution is 0.0124. The van der Waals surface area contributed by atoms with Crippen LogP contribution in [0.3, 0.4) is 0 Å². The molecule has 0 heterocycles. The molecule has 1 amide bonds. The number of benzene rings is 1. The van der Waals surface area contributed by atoms with Gasteiger partial charge in [0.05, 0.1) is 31.5 Å². The molecule has 29 heavy (non-hydrogen) atoms. The number of hydrogen-bond donors (Lipinski definition) is 1. The summed E-state index contributed by atoms with van der Waals surface area (Å²) in [5, 5.41) is 0. The first kappa shape index (κ1) is 22.2. The third kappa shape index (κ3) is 7.45. The Morgan fingerprint density at radius 2 is 1.69 bits per heavy atom. The Labute approximate surface area is 170 Å². The van der Waals surface area contributed by atoms with Crippen LogP contribution >= 0.6 is 0 Å². The van der Waals surface area contributed by atoms with Crippen LogP contribution in [0.4, 0.5) is 0 Å². The lowest BCUT2D eigenvalue weighted by atomic mass is 10.1.